The largest absolute Gasteiger partial charge is 0.383 e. The molecule has 7 heteroatoms. The van der Waals surface area contributed by atoms with E-state index in [4.69, 9.17) is 15.6 Å². The van der Waals surface area contributed by atoms with Gasteiger partial charge in [-0.1, -0.05) is 24.3 Å². The Morgan fingerprint density at radius 3 is 2.48 bits per heavy atom. The highest BCUT2D eigenvalue weighted by Gasteiger charge is 2.30. The quantitative estimate of drug-likeness (QED) is 0.765. The number of nitrogen functional groups attached to an aromatic ring is 1. The molecule has 0 radical (unpaired) electrons. The lowest BCUT2D eigenvalue weighted by molar-refractivity contribution is 0.122. The molecule has 2 aromatic heterocycles. The second-order valence-corrected chi connectivity index (χ2v) is 6.66. The van der Waals surface area contributed by atoms with Crippen LogP contribution in [0.1, 0.15) is 17.2 Å². The van der Waals surface area contributed by atoms with Gasteiger partial charge in [-0.2, -0.15) is 0 Å². The summed E-state index contributed by atoms with van der Waals surface area (Å²) in [5.41, 5.74) is 9.67. The molecule has 0 bridgehead atoms. The number of rotatable bonds is 2. The van der Waals surface area contributed by atoms with Crippen LogP contribution in [-0.4, -0.2) is 46.1 Å². The summed E-state index contributed by atoms with van der Waals surface area (Å²) in [5.74, 6) is 1.53. The third-order valence-electron chi connectivity index (χ3n) is 5.19. The third-order valence-corrected chi connectivity index (χ3v) is 5.19. The average molecular weight is 336 g/mol. The second-order valence-electron chi connectivity index (χ2n) is 6.66. The molecule has 0 atom stereocenters. The van der Waals surface area contributed by atoms with Crippen molar-refractivity contribution >= 4 is 22.7 Å². The summed E-state index contributed by atoms with van der Waals surface area (Å²) >= 11 is 0. The van der Waals surface area contributed by atoms with Crippen LogP contribution in [0.25, 0.3) is 11.0 Å². The van der Waals surface area contributed by atoms with Crippen LogP contribution in [-0.2, 0) is 17.6 Å². The molecule has 2 aliphatic rings. The maximum Gasteiger partial charge on any atom is 0.188 e. The SMILES string of the molecule is Nc1ncnc2nn(C3Cc4ccccc4C3)c(N3CCOCC3)c12. The fraction of sp³-hybridized carbons (Fsp3) is 0.389. The van der Waals surface area contributed by atoms with Gasteiger partial charge >= 0.3 is 0 Å². The molecule has 128 valence electrons. The molecule has 0 saturated carbocycles. The van der Waals surface area contributed by atoms with Gasteiger partial charge in [-0.05, 0) is 24.0 Å². The van der Waals surface area contributed by atoms with Gasteiger partial charge in [0.2, 0.25) is 0 Å². The molecule has 1 aliphatic heterocycles. The van der Waals surface area contributed by atoms with Crippen molar-refractivity contribution in [2.24, 2.45) is 0 Å². The van der Waals surface area contributed by atoms with Crippen molar-refractivity contribution in [1.29, 1.82) is 0 Å². The van der Waals surface area contributed by atoms with Gasteiger partial charge < -0.3 is 15.4 Å². The van der Waals surface area contributed by atoms with Crippen LogP contribution in [0.3, 0.4) is 0 Å². The lowest BCUT2D eigenvalue weighted by atomic mass is 10.1. The summed E-state index contributed by atoms with van der Waals surface area (Å²) in [7, 11) is 0. The minimum absolute atomic E-state index is 0.281. The van der Waals surface area contributed by atoms with Crippen LogP contribution in [0.4, 0.5) is 11.6 Å². The van der Waals surface area contributed by atoms with Crippen LogP contribution < -0.4 is 10.6 Å². The highest BCUT2D eigenvalue weighted by molar-refractivity contribution is 5.96. The number of anilines is 2. The van der Waals surface area contributed by atoms with Crippen molar-refractivity contribution in [1.82, 2.24) is 19.7 Å². The fourth-order valence-electron chi connectivity index (χ4n) is 3.99. The number of fused-ring (bicyclic) bond motifs is 2. The predicted octanol–water partition coefficient (Wildman–Crippen LogP) is 1.58. The molecule has 0 spiro atoms. The first-order valence-electron chi connectivity index (χ1n) is 8.69. The first-order chi connectivity index (χ1) is 12.3. The van der Waals surface area contributed by atoms with E-state index in [0.717, 1.165) is 37.1 Å². The zero-order chi connectivity index (χ0) is 16.8. The minimum atomic E-state index is 0.281. The third kappa shape index (κ3) is 2.34. The lowest BCUT2D eigenvalue weighted by Crippen LogP contribution is -2.38. The summed E-state index contributed by atoms with van der Waals surface area (Å²) in [4.78, 5) is 10.9. The molecule has 1 saturated heterocycles. The van der Waals surface area contributed by atoms with E-state index in [1.807, 2.05) is 0 Å². The van der Waals surface area contributed by atoms with E-state index in [-0.39, 0.29) is 6.04 Å². The Bertz CT molecular complexity index is 905. The molecule has 1 fully saturated rings. The molecule has 3 aromatic rings. The normalized spacial score (nSPS) is 18.0. The van der Waals surface area contributed by atoms with Gasteiger partial charge in [0.05, 0.1) is 19.3 Å². The zero-order valence-corrected chi connectivity index (χ0v) is 13.9. The van der Waals surface area contributed by atoms with Gasteiger partial charge in [0.25, 0.3) is 0 Å². The maximum absolute atomic E-state index is 6.20. The van der Waals surface area contributed by atoms with Gasteiger partial charge in [-0.25, -0.2) is 14.6 Å². The molecular formula is C18H20N6O. The smallest absolute Gasteiger partial charge is 0.188 e. The second kappa shape index (κ2) is 5.70. The molecule has 0 amide bonds. The van der Waals surface area contributed by atoms with Gasteiger partial charge in [-0.3, -0.25) is 0 Å². The number of aromatic nitrogens is 4. The van der Waals surface area contributed by atoms with E-state index in [0.29, 0.717) is 24.7 Å². The van der Waals surface area contributed by atoms with Crippen molar-refractivity contribution in [2.75, 3.05) is 36.9 Å². The highest BCUT2D eigenvalue weighted by Crippen LogP contribution is 2.37. The number of hydrogen-bond donors (Lipinski definition) is 1. The van der Waals surface area contributed by atoms with Crippen molar-refractivity contribution in [3.63, 3.8) is 0 Å². The highest BCUT2D eigenvalue weighted by atomic mass is 16.5. The Morgan fingerprint density at radius 2 is 1.76 bits per heavy atom. The van der Waals surface area contributed by atoms with Crippen LogP contribution in [0.15, 0.2) is 30.6 Å². The molecule has 3 heterocycles. The Morgan fingerprint density at radius 1 is 1.04 bits per heavy atom. The standard InChI is InChI=1S/C18H20N6O/c19-16-15-17(21-11-20-16)22-24(18(15)23-5-7-25-8-6-23)14-9-12-3-1-2-4-13(12)10-14/h1-4,11,14H,5-10H2,(H2,19,20,21,22). The van der Waals surface area contributed by atoms with Crippen LogP contribution >= 0.6 is 0 Å². The summed E-state index contributed by atoms with van der Waals surface area (Å²) in [5, 5.41) is 5.68. The van der Waals surface area contributed by atoms with Crippen molar-refractivity contribution < 1.29 is 4.74 Å². The van der Waals surface area contributed by atoms with E-state index >= 15 is 0 Å². The minimum Gasteiger partial charge on any atom is -0.383 e. The first kappa shape index (κ1) is 14.7. The Hall–Kier alpha value is -2.67. The van der Waals surface area contributed by atoms with Gasteiger partial charge in [-0.15, -0.1) is 5.10 Å². The molecule has 1 aliphatic carbocycles. The summed E-state index contributed by atoms with van der Waals surface area (Å²) in [6.45, 7) is 3.08. The number of nitrogens with two attached hydrogens (primary N) is 1. The molecule has 5 rings (SSSR count). The molecule has 25 heavy (non-hydrogen) atoms. The van der Waals surface area contributed by atoms with Crippen LogP contribution in [0.2, 0.25) is 0 Å². The Labute approximate surface area is 145 Å². The molecule has 7 nitrogen and oxygen atoms in total. The van der Waals surface area contributed by atoms with Crippen molar-refractivity contribution in [3.05, 3.63) is 41.7 Å². The average Bonchev–Trinajstić information content (AvgIpc) is 3.24. The van der Waals surface area contributed by atoms with Gasteiger partial charge in [0.15, 0.2) is 5.65 Å². The Kier molecular flexibility index (Phi) is 3.34. The number of hydrogen-bond acceptors (Lipinski definition) is 6. The van der Waals surface area contributed by atoms with Crippen LogP contribution in [0, 0.1) is 0 Å². The first-order valence-corrected chi connectivity index (χ1v) is 8.69. The predicted molar refractivity (Wildman–Crippen MR) is 95.7 cm³/mol. The van der Waals surface area contributed by atoms with Gasteiger partial charge in [0, 0.05) is 13.1 Å². The maximum atomic E-state index is 6.20. The number of benzene rings is 1. The number of ether oxygens (including phenoxy) is 1. The molecule has 2 N–H and O–H groups in total. The summed E-state index contributed by atoms with van der Waals surface area (Å²) in [6, 6.07) is 8.91. The van der Waals surface area contributed by atoms with E-state index < -0.39 is 0 Å². The van der Waals surface area contributed by atoms with E-state index in [2.05, 4.69) is 43.8 Å². The topological polar surface area (TPSA) is 82.1 Å². The van der Waals surface area contributed by atoms with Crippen molar-refractivity contribution in [2.45, 2.75) is 18.9 Å². The van der Waals surface area contributed by atoms with E-state index in [1.54, 1.807) is 0 Å². The molecule has 0 unspecified atom stereocenters. The zero-order valence-electron chi connectivity index (χ0n) is 13.9. The molecule has 1 aromatic carbocycles. The monoisotopic (exact) mass is 336 g/mol. The van der Waals surface area contributed by atoms with Crippen molar-refractivity contribution in [3.8, 4) is 0 Å². The van der Waals surface area contributed by atoms with Crippen LogP contribution in [0.5, 0.6) is 0 Å². The van der Waals surface area contributed by atoms with Gasteiger partial charge in [0.1, 0.15) is 23.3 Å². The Balaban J connectivity index is 1.64. The summed E-state index contributed by atoms with van der Waals surface area (Å²) in [6.07, 6.45) is 3.45. The summed E-state index contributed by atoms with van der Waals surface area (Å²) < 4.78 is 7.65. The number of morpholine rings is 1. The fourth-order valence-corrected chi connectivity index (χ4v) is 3.99. The number of nitrogens with zero attached hydrogens (tertiary/aromatic N) is 5. The van der Waals surface area contributed by atoms with E-state index in [1.165, 1.54) is 17.5 Å². The lowest BCUT2D eigenvalue weighted by Gasteiger charge is -2.30. The van der Waals surface area contributed by atoms with E-state index in [9.17, 15) is 0 Å². The molecular weight excluding hydrogens is 316 g/mol.